The fraction of sp³-hybridized carbons (Fsp3) is 0.438. The molecule has 3 N–H and O–H groups in total. The van der Waals surface area contributed by atoms with Gasteiger partial charge in [0.05, 0.1) is 12.3 Å². The van der Waals surface area contributed by atoms with Gasteiger partial charge in [-0.3, -0.25) is 4.98 Å². The van der Waals surface area contributed by atoms with Crippen LogP contribution in [0.15, 0.2) is 18.3 Å². The molecule has 2 aromatic rings. The first-order chi connectivity index (χ1) is 10.0. The van der Waals surface area contributed by atoms with Gasteiger partial charge < -0.3 is 15.5 Å². The van der Waals surface area contributed by atoms with Gasteiger partial charge in [0.2, 0.25) is 0 Å². The average Bonchev–Trinajstić information content (AvgIpc) is 2.85. The summed E-state index contributed by atoms with van der Waals surface area (Å²) in [5.74, 6) is 0.174. The Morgan fingerprint density at radius 2 is 2.10 bits per heavy atom. The monoisotopic (exact) mass is 306 g/mol. The minimum Gasteiger partial charge on any atom is -0.506 e. The SMILES string of the molecule is Cc1ccc(CC(C)NCc2c(CO)cnc(C)c2O)s1. The molecule has 0 bridgehead atoms. The van der Waals surface area contributed by atoms with Crippen LogP contribution in [0.1, 0.15) is 33.5 Å². The van der Waals surface area contributed by atoms with Crippen molar-refractivity contribution < 1.29 is 10.2 Å². The number of aryl methyl sites for hydroxylation is 2. The lowest BCUT2D eigenvalue weighted by Crippen LogP contribution is -2.27. The highest BCUT2D eigenvalue weighted by Crippen LogP contribution is 2.24. The van der Waals surface area contributed by atoms with Crippen molar-refractivity contribution in [3.63, 3.8) is 0 Å². The predicted molar refractivity (Wildman–Crippen MR) is 85.6 cm³/mol. The van der Waals surface area contributed by atoms with Gasteiger partial charge in [0, 0.05) is 39.7 Å². The van der Waals surface area contributed by atoms with Crippen molar-refractivity contribution in [3.8, 4) is 5.75 Å². The summed E-state index contributed by atoms with van der Waals surface area (Å²) in [5, 5.41) is 22.9. The van der Waals surface area contributed by atoms with E-state index >= 15 is 0 Å². The molecule has 114 valence electrons. The van der Waals surface area contributed by atoms with E-state index in [-0.39, 0.29) is 12.4 Å². The fourth-order valence-corrected chi connectivity index (χ4v) is 3.28. The van der Waals surface area contributed by atoms with E-state index in [1.807, 2.05) is 11.3 Å². The third-order valence-electron chi connectivity index (χ3n) is 3.53. The van der Waals surface area contributed by atoms with Crippen LogP contribution in [-0.4, -0.2) is 21.2 Å². The zero-order chi connectivity index (χ0) is 15.4. The number of rotatable bonds is 6. The van der Waals surface area contributed by atoms with Crippen LogP contribution in [0.5, 0.6) is 5.75 Å². The van der Waals surface area contributed by atoms with Crippen LogP contribution >= 0.6 is 11.3 Å². The molecule has 1 unspecified atom stereocenters. The molecule has 0 amide bonds. The van der Waals surface area contributed by atoms with Crippen molar-refractivity contribution in [1.82, 2.24) is 10.3 Å². The topological polar surface area (TPSA) is 65.4 Å². The molecule has 4 nitrogen and oxygen atoms in total. The maximum Gasteiger partial charge on any atom is 0.141 e. The Balaban J connectivity index is 2.00. The van der Waals surface area contributed by atoms with Crippen LogP contribution in [-0.2, 0) is 19.6 Å². The number of aromatic hydroxyl groups is 1. The molecule has 0 saturated heterocycles. The Hall–Kier alpha value is -1.43. The first-order valence-corrected chi connectivity index (χ1v) is 7.88. The molecule has 5 heteroatoms. The van der Waals surface area contributed by atoms with Crippen molar-refractivity contribution in [2.75, 3.05) is 0 Å². The van der Waals surface area contributed by atoms with Gasteiger partial charge in [-0.2, -0.15) is 0 Å². The smallest absolute Gasteiger partial charge is 0.141 e. The zero-order valence-corrected chi connectivity index (χ0v) is 13.5. The van der Waals surface area contributed by atoms with Crippen molar-refractivity contribution >= 4 is 11.3 Å². The molecular formula is C16H22N2O2S. The Kier molecular flexibility index (Phi) is 5.33. The van der Waals surface area contributed by atoms with Crippen LogP contribution in [0.3, 0.4) is 0 Å². The van der Waals surface area contributed by atoms with E-state index < -0.39 is 0 Å². The van der Waals surface area contributed by atoms with Crippen molar-refractivity contribution in [1.29, 1.82) is 0 Å². The van der Waals surface area contributed by atoms with Crippen LogP contribution in [0, 0.1) is 13.8 Å². The number of aliphatic hydroxyl groups excluding tert-OH is 1. The minimum absolute atomic E-state index is 0.115. The van der Waals surface area contributed by atoms with E-state index in [1.165, 1.54) is 9.75 Å². The first-order valence-electron chi connectivity index (χ1n) is 7.07. The van der Waals surface area contributed by atoms with Gasteiger partial charge in [-0.25, -0.2) is 0 Å². The number of hydrogen-bond donors (Lipinski definition) is 3. The van der Waals surface area contributed by atoms with Gasteiger partial charge in [0.15, 0.2) is 0 Å². The maximum absolute atomic E-state index is 10.1. The van der Waals surface area contributed by atoms with E-state index in [2.05, 4.69) is 36.3 Å². The first kappa shape index (κ1) is 15.9. The summed E-state index contributed by atoms with van der Waals surface area (Å²) in [6, 6.07) is 4.59. The highest BCUT2D eigenvalue weighted by Gasteiger charge is 2.13. The van der Waals surface area contributed by atoms with Crippen molar-refractivity contribution in [3.05, 3.63) is 44.9 Å². The molecule has 0 radical (unpaired) electrons. The van der Waals surface area contributed by atoms with Crippen LogP contribution in [0.4, 0.5) is 0 Å². The van der Waals surface area contributed by atoms with E-state index in [0.29, 0.717) is 23.8 Å². The molecule has 0 aromatic carbocycles. The molecule has 0 aliphatic heterocycles. The summed E-state index contributed by atoms with van der Waals surface area (Å²) < 4.78 is 0. The second-order valence-corrected chi connectivity index (χ2v) is 6.73. The van der Waals surface area contributed by atoms with Gasteiger partial charge >= 0.3 is 0 Å². The number of aromatic nitrogens is 1. The largest absolute Gasteiger partial charge is 0.506 e. The summed E-state index contributed by atoms with van der Waals surface area (Å²) in [6.07, 6.45) is 2.58. The van der Waals surface area contributed by atoms with E-state index in [1.54, 1.807) is 13.1 Å². The quantitative estimate of drug-likeness (QED) is 0.768. The van der Waals surface area contributed by atoms with E-state index in [4.69, 9.17) is 0 Å². The van der Waals surface area contributed by atoms with Crippen LogP contribution in [0.2, 0.25) is 0 Å². The molecule has 0 spiro atoms. The Bertz CT molecular complexity index is 610. The summed E-state index contributed by atoms with van der Waals surface area (Å²) in [6.45, 7) is 6.40. The van der Waals surface area contributed by atoms with Gasteiger partial charge in [-0.05, 0) is 39.3 Å². The number of aliphatic hydroxyl groups is 1. The summed E-state index contributed by atoms with van der Waals surface area (Å²) in [4.78, 5) is 6.74. The lowest BCUT2D eigenvalue weighted by Gasteiger charge is -2.16. The molecule has 2 rings (SSSR count). The second-order valence-electron chi connectivity index (χ2n) is 5.35. The van der Waals surface area contributed by atoms with Crippen LogP contribution in [0.25, 0.3) is 0 Å². The molecule has 21 heavy (non-hydrogen) atoms. The normalized spacial score (nSPS) is 12.6. The number of nitrogens with zero attached hydrogens (tertiary/aromatic N) is 1. The summed E-state index contributed by atoms with van der Waals surface area (Å²) in [5.41, 5.74) is 1.99. The van der Waals surface area contributed by atoms with E-state index in [0.717, 1.165) is 12.0 Å². The lowest BCUT2D eigenvalue weighted by atomic mass is 10.1. The van der Waals surface area contributed by atoms with Crippen LogP contribution < -0.4 is 5.32 Å². The number of pyridine rings is 1. The standard InChI is InChI=1S/C16H22N2O2S/c1-10(6-14-5-4-11(2)21-14)17-8-15-13(9-19)7-18-12(3)16(15)20/h4-5,7,10,17,19-20H,6,8-9H2,1-3H3. The lowest BCUT2D eigenvalue weighted by molar-refractivity contribution is 0.278. The van der Waals surface area contributed by atoms with Gasteiger partial charge in [0.25, 0.3) is 0 Å². The molecule has 0 aliphatic carbocycles. The van der Waals surface area contributed by atoms with Gasteiger partial charge in [-0.15, -0.1) is 11.3 Å². The molecule has 0 aliphatic rings. The summed E-state index contributed by atoms with van der Waals surface area (Å²) in [7, 11) is 0. The Morgan fingerprint density at radius 1 is 1.33 bits per heavy atom. The maximum atomic E-state index is 10.1. The Labute approximate surface area is 129 Å². The predicted octanol–water partition coefficient (Wildman–Crippen LogP) is 2.68. The summed E-state index contributed by atoms with van der Waals surface area (Å²) >= 11 is 1.81. The second kappa shape index (κ2) is 7.02. The number of hydrogen-bond acceptors (Lipinski definition) is 5. The number of nitrogens with one attached hydrogen (secondary N) is 1. The third-order valence-corrected chi connectivity index (χ3v) is 4.55. The van der Waals surface area contributed by atoms with Gasteiger partial charge in [-0.1, -0.05) is 0 Å². The average molecular weight is 306 g/mol. The van der Waals surface area contributed by atoms with E-state index in [9.17, 15) is 10.2 Å². The fourth-order valence-electron chi connectivity index (χ4n) is 2.26. The molecule has 1 atom stereocenters. The highest BCUT2D eigenvalue weighted by atomic mass is 32.1. The van der Waals surface area contributed by atoms with Crippen molar-refractivity contribution in [2.24, 2.45) is 0 Å². The Morgan fingerprint density at radius 3 is 2.71 bits per heavy atom. The molecular weight excluding hydrogens is 284 g/mol. The number of thiophene rings is 1. The zero-order valence-electron chi connectivity index (χ0n) is 12.7. The van der Waals surface area contributed by atoms with Crippen molar-refractivity contribution in [2.45, 2.75) is 46.4 Å². The minimum atomic E-state index is -0.115. The van der Waals surface area contributed by atoms with Gasteiger partial charge in [0.1, 0.15) is 5.75 Å². The highest BCUT2D eigenvalue weighted by molar-refractivity contribution is 7.11. The third kappa shape index (κ3) is 4.03. The molecule has 2 aromatic heterocycles. The molecule has 2 heterocycles. The molecule has 0 saturated carbocycles. The molecule has 0 fully saturated rings.